The predicted octanol–water partition coefficient (Wildman–Crippen LogP) is 2.96. The summed E-state index contributed by atoms with van der Waals surface area (Å²) in [7, 11) is 0. The Morgan fingerprint density at radius 1 is 1.30 bits per heavy atom. The largest absolute Gasteiger partial charge is 0.477 e. The van der Waals surface area contributed by atoms with Crippen molar-refractivity contribution in [2.75, 3.05) is 6.26 Å². The molecule has 0 spiro atoms. The first-order valence-electron chi connectivity index (χ1n) is 6.19. The molecule has 1 N–H and O–H groups in total. The number of aromatic carboxylic acids is 1. The zero-order valence-corrected chi connectivity index (χ0v) is 12.1. The Bertz CT molecular complexity index is 689. The van der Waals surface area contributed by atoms with Crippen molar-refractivity contribution >= 4 is 17.7 Å². The monoisotopic (exact) mass is 289 g/mol. The molecule has 0 aliphatic rings. The predicted molar refractivity (Wildman–Crippen MR) is 80.6 cm³/mol. The molecule has 0 unspecified atom stereocenters. The van der Waals surface area contributed by atoms with Crippen LogP contribution < -0.4 is 5.43 Å². The van der Waals surface area contributed by atoms with E-state index in [1.165, 1.54) is 12.3 Å². The van der Waals surface area contributed by atoms with Gasteiger partial charge in [-0.25, -0.2) is 4.79 Å². The second kappa shape index (κ2) is 5.96. The van der Waals surface area contributed by atoms with Crippen molar-refractivity contribution in [3.05, 3.63) is 52.3 Å². The quantitative estimate of drug-likeness (QED) is 0.879. The van der Waals surface area contributed by atoms with Crippen molar-refractivity contribution in [1.82, 2.24) is 4.57 Å². The minimum Gasteiger partial charge on any atom is -0.477 e. The molecule has 0 saturated carbocycles. The normalized spacial score (nSPS) is 10.5. The van der Waals surface area contributed by atoms with Gasteiger partial charge in [-0.3, -0.25) is 4.79 Å². The molecule has 1 aromatic heterocycles. The molecule has 2 aromatic rings. The molecular formula is C15H15NO3S. The lowest BCUT2D eigenvalue weighted by Crippen LogP contribution is -2.18. The summed E-state index contributed by atoms with van der Waals surface area (Å²) < 4.78 is 1.78. The van der Waals surface area contributed by atoms with Gasteiger partial charge in [0.2, 0.25) is 0 Å². The highest BCUT2D eigenvalue weighted by Crippen LogP contribution is 2.22. The molecule has 0 fully saturated rings. The third-order valence-electron chi connectivity index (χ3n) is 3.08. The first-order chi connectivity index (χ1) is 9.56. The van der Waals surface area contributed by atoms with Gasteiger partial charge in [-0.1, -0.05) is 12.1 Å². The van der Waals surface area contributed by atoms with E-state index in [2.05, 4.69) is 0 Å². The van der Waals surface area contributed by atoms with Crippen molar-refractivity contribution in [3.8, 4) is 11.3 Å². The number of hydrogen-bond acceptors (Lipinski definition) is 3. The fourth-order valence-corrected chi connectivity index (χ4v) is 2.42. The van der Waals surface area contributed by atoms with Gasteiger partial charge < -0.3 is 9.67 Å². The number of carboxylic acids is 1. The fourth-order valence-electron chi connectivity index (χ4n) is 2.01. The van der Waals surface area contributed by atoms with Crippen LogP contribution in [0.1, 0.15) is 17.3 Å². The molecule has 0 atom stereocenters. The number of aryl methyl sites for hydroxylation is 1. The Labute approximate surface area is 121 Å². The summed E-state index contributed by atoms with van der Waals surface area (Å²) in [5.74, 6) is -1.19. The lowest BCUT2D eigenvalue weighted by Gasteiger charge is -2.12. The summed E-state index contributed by atoms with van der Waals surface area (Å²) in [6.07, 6.45) is 3.40. The molecular weight excluding hydrogens is 274 g/mol. The number of thioether (sulfide) groups is 1. The number of rotatable bonds is 4. The molecule has 0 saturated heterocycles. The first-order valence-corrected chi connectivity index (χ1v) is 7.41. The number of carboxylic acid groups (broad SMARTS) is 1. The number of hydrogen-bond donors (Lipinski definition) is 1. The molecule has 4 nitrogen and oxygen atoms in total. The number of benzene rings is 1. The second-order valence-electron chi connectivity index (χ2n) is 4.26. The highest BCUT2D eigenvalue weighted by molar-refractivity contribution is 7.98. The van der Waals surface area contributed by atoms with Crippen LogP contribution in [0, 0.1) is 0 Å². The van der Waals surface area contributed by atoms with E-state index in [9.17, 15) is 9.59 Å². The van der Waals surface area contributed by atoms with Crippen LogP contribution in [0.25, 0.3) is 11.3 Å². The molecule has 5 heteroatoms. The minimum atomic E-state index is -1.19. The van der Waals surface area contributed by atoms with Crippen molar-refractivity contribution in [2.24, 2.45) is 0 Å². The van der Waals surface area contributed by atoms with Crippen LogP contribution in [0.5, 0.6) is 0 Å². The third kappa shape index (κ3) is 2.77. The molecule has 1 heterocycles. The van der Waals surface area contributed by atoms with Gasteiger partial charge in [0.05, 0.1) is 5.69 Å². The standard InChI is InChI=1S/C15H15NO3S/c1-3-16-9-12(15(18)19)14(17)8-13(16)10-4-6-11(20-2)7-5-10/h4-9H,3H2,1-2H3,(H,18,19). The summed E-state index contributed by atoms with van der Waals surface area (Å²) in [6.45, 7) is 2.51. The minimum absolute atomic E-state index is 0.198. The molecule has 0 aliphatic heterocycles. The van der Waals surface area contributed by atoms with Gasteiger partial charge >= 0.3 is 5.97 Å². The Hall–Kier alpha value is -2.01. The molecule has 20 heavy (non-hydrogen) atoms. The maximum absolute atomic E-state index is 11.8. The van der Waals surface area contributed by atoms with E-state index in [-0.39, 0.29) is 5.56 Å². The Balaban J connectivity index is 2.58. The topological polar surface area (TPSA) is 59.3 Å². The first kappa shape index (κ1) is 14.4. The van der Waals surface area contributed by atoms with E-state index in [1.54, 1.807) is 16.3 Å². The Kier molecular flexibility index (Phi) is 4.29. The molecule has 0 radical (unpaired) electrons. The number of carbonyl (C=O) groups is 1. The van der Waals surface area contributed by atoms with Gasteiger partial charge in [0.1, 0.15) is 5.56 Å². The zero-order chi connectivity index (χ0) is 14.7. The highest BCUT2D eigenvalue weighted by atomic mass is 32.2. The molecule has 2 rings (SSSR count). The van der Waals surface area contributed by atoms with Gasteiger partial charge in [0.15, 0.2) is 5.43 Å². The lowest BCUT2D eigenvalue weighted by atomic mass is 10.1. The maximum atomic E-state index is 11.8. The van der Waals surface area contributed by atoms with Crippen molar-refractivity contribution < 1.29 is 9.90 Å². The van der Waals surface area contributed by atoms with Gasteiger partial charge in [0.25, 0.3) is 0 Å². The Morgan fingerprint density at radius 3 is 2.45 bits per heavy atom. The zero-order valence-electron chi connectivity index (χ0n) is 11.3. The van der Waals surface area contributed by atoms with Crippen LogP contribution in [0.4, 0.5) is 0 Å². The van der Waals surface area contributed by atoms with Crippen molar-refractivity contribution in [1.29, 1.82) is 0 Å². The van der Waals surface area contributed by atoms with E-state index >= 15 is 0 Å². The molecule has 0 bridgehead atoms. The van der Waals surface area contributed by atoms with E-state index in [1.807, 2.05) is 37.4 Å². The van der Waals surface area contributed by atoms with Crippen LogP contribution in [0.15, 0.2) is 46.2 Å². The Morgan fingerprint density at radius 2 is 1.95 bits per heavy atom. The van der Waals surface area contributed by atoms with Crippen LogP contribution in [-0.4, -0.2) is 21.9 Å². The van der Waals surface area contributed by atoms with Crippen LogP contribution in [0.3, 0.4) is 0 Å². The SMILES string of the molecule is CCn1cc(C(=O)O)c(=O)cc1-c1ccc(SC)cc1. The highest BCUT2D eigenvalue weighted by Gasteiger charge is 2.12. The van der Waals surface area contributed by atoms with Gasteiger partial charge in [-0.2, -0.15) is 0 Å². The van der Waals surface area contributed by atoms with Gasteiger partial charge in [0, 0.05) is 23.7 Å². The molecule has 104 valence electrons. The molecule has 1 aromatic carbocycles. The number of pyridine rings is 1. The maximum Gasteiger partial charge on any atom is 0.341 e. The smallest absolute Gasteiger partial charge is 0.341 e. The lowest BCUT2D eigenvalue weighted by molar-refractivity contribution is 0.0694. The van der Waals surface area contributed by atoms with Gasteiger partial charge in [-0.05, 0) is 30.9 Å². The van der Waals surface area contributed by atoms with E-state index in [0.717, 1.165) is 16.2 Å². The number of aromatic nitrogens is 1. The van der Waals surface area contributed by atoms with Crippen molar-refractivity contribution in [2.45, 2.75) is 18.4 Å². The summed E-state index contributed by atoms with van der Waals surface area (Å²) >= 11 is 1.65. The van der Waals surface area contributed by atoms with Crippen LogP contribution in [0.2, 0.25) is 0 Å². The summed E-state index contributed by atoms with van der Waals surface area (Å²) in [4.78, 5) is 24.0. The fraction of sp³-hybridized carbons (Fsp3) is 0.200. The van der Waals surface area contributed by atoms with Crippen molar-refractivity contribution in [3.63, 3.8) is 0 Å². The summed E-state index contributed by atoms with van der Waals surface area (Å²) in [6, 6.07) is 9.23. The second-order valence-corrected chi connectivity index (χ2v) is 5.14. The summed E-state index contributed by atoms with van der Waals surface area (Å²) in [5.41, 5.74) is 0.969. The third-order valence-corrected chi connectivity index (χ3v) is 3.83. The summed E-state index contributed by atoms with van der Waals surface area (Å²) in [5, 5.41) is 9.00. The average molecular weight is 289 g/mol. The number of nitrogens with zero attached hydrogens (tertiary/aromatic N) is 1. The van der Waals surface area contributed by atoms with E-state index in [0.29, 0.717) is 6.54 Å². The van der Waals surface area contributed by atoms with E-state index in [4.69, 9.17) is 5.11 Å². The van der Waals surface area contributed by atoms with Gasteiger partial charge in [-0.15, -0.1) is 11.8 Å². The molecule has 0 amide bonds. The van der Waals surface area contributed by atoms with Crippen LogP contribution in [-0.2, 0) is 6.54 Å². The van der Waals surface area contributed by atoms with E-state index < -0.39 is 11.4 Å². The average Bonchev–Trinajstić information content (AvgIpc) is 2.46. The molecule has 0 aliphatic carbocycles. The van der Waals surface area contributed by atoms with Crippen LogP contribution >= 0.6 is 11.8 Å².